The van der Waals surface area contributed by atoms with E-state index in [1.165, 1.54) is 6.42 Å². The summed E-state index contributed by atoms with van der Waals surface area (Å²) in [5.74, 6) is 1.98. The minimum Gasteiger partial charge on any atom is -0.508 e. The number of hydrogen-bond acceptors (Lipinski definition) is 2. The number of aryl methyl sites for hydroxylation is 1. The maximum atomic E-state index is 10.1. The van der Waals surface area contributed by atoms with Gasteiger partial charge in [-0.05, 0) is 49.1 Å². The van der Waals surface area contributed by atoms with Gasteiger partial charge in [-0.3, -0.25) is 0 Å². The Morgan fingerprint density at radius 3 is 2.56 bits per heavy atom. The van der Waals surface area contributed by atoms with E-state index in [4.69, 9.17) is 0 Å². The third-order valence-electron chi connectivity index (χ3n) is 4.05. The molecule has 84 valence electrons. The van der Waals surface area contributed by atoms with Crippen LogP contribution >= 0.6 is 0 Å². The van der Waals surface area contributed by atoms with Crippen molar-refractivity contribution in [3.05, 3.63) is 35.4 Å². The number of allylic oxidation sites excluding steroid dienone is 2. The van der Waals surface area contributed by atoms with Gasteiger partial charge in [-0.2, -0.15) is 0 Å². The molecule has 1 aromatic rings. The van der Waals surface area contributed by atoms with Crippen LogP contribution in [0.3, 0.4) is 0 Å². The largest absolute Gasteiger partial charge is 0.508 e. The van der Waals surface area contributed by atoms with E-state index in [-0.39, 0.29) is 11.5 Å². The molecule has 0 radical (unpaired) electrons. The van der Waals surface area contributed by atoms with E-state index in [1.807, 2.05) is 6.92 Å². The molecular weight excluding hydrogens is 200 g/mol. The number of rotatable bonds is 1. The zero-order valence-electron chi connectivity index (χ0n) is 9.35. The Kier molecular flexibility index (Phi) is 2.00. The normalized spacial score (nSPS) is 31.2. The smallest absolute Gasteiger partial charge is 0.125 e. The highest BCUT2D eigenvalue weighted by molar-refractivity contribution is 5.51. The summed E-state index contributed by atoms with van der Waals surface area (Å²) in [5.41, 5.74) is 1.61. The van der Waals surface area contributed by atoms with Crippen LogP contribution in [0.4, 0.5) is 0 Å². The molecule has 3 atom stereocenters. The van der Waals surface area contributed by atoms with E-state index < -0.39 is 0 Å². The second kappa shape index (κ2) is 3.27. The minimum atomic E-state index is 0.244. The van der Waals surface area contributed by atoms with Crippen molar-refractivity contribution < 1.29 is 10.2 Å². The third kappa shape index (κ3) is 1.26. The summed E-state index contributed by atoms with van der Waals surface area (Å²) in [6.45, 7) is 1.88. The lowest BCUT2D eigenvalue weighted by molar-refractivity contribution is 0.415. The quantitative estimate of drug-likeness (QED) is 0.708. The Labute approximate surface area is 95.2 Å². The molecule has 1 fully saturated rings. The van der Waals surface area contributed by atoms with Crippen LogP contribution in [-0.4, -0.2) is 10.2 Å². The summed E-state index contributed by atoms with van der Waals surface area (Å²) >= 11 is 0. The third-order valence-corrected chi connectivity index (χ3v) is 4.05. The van der Waals surface area contributed by atoms with Crippen LogP contribution in [0.2, 0.25) is 0 Å². The van der Waals surface area contributed by atoms with Gasteiger partial charge >= 0.3 is 0 Å². The van der Waals surface area contributed by atoms with E-state index in [2.05, 4.69) is 12.2 Å². The van der Waals surface area contributed by atoms with Gasteiger partial charge in [0, 0.05) is 5.56 Å². The molecule has 0 amide bonds. The lowest BCUT2D eigenvalue weighted by atomic mass is 9.85. The van der Waals surface area contributed by atoms with Crippen molar-refractivity contribution >= 4 is 0 Å². The van der Waals surface area contributed by atoms with Crippen molar-refractivity contribution in [3.63, 3.8) is 0 Å². The first-order valence-corrected chi connectivity index (χ1v) is 5.86. The predicted molar refractivity (Wildman–Crippen MR) is 62.6 cm³/mol. The van der Waals surface area contributed by atoms with Crippen molar-refractivity contribution in [1.82, 2.24) is 0 Å². The number of hydrogen-bond donors (Lipinski definition) is 2. The fraction of sp³-hybridized carbons (Fsp3) is 0.429. The topological polar surface area (TPSA) is 40.5 Å². The molecule has 1 saturated carbocycles. The summed E-state index contributed by atoms with van der Waals surface area (Å²) < 4.78 is 0. The van der Waals surface area contributed by atoms with Crippen molar-refractivity contribution in [1.29, 1.82) is 0 Å². The average Bonchev–Trinajstić information content (AvgIpc) is 2.86. The van der Waals surface area contributed by atoms with Gasteiger partial charge < -0.3 is 10.2 Å². The molecule has 0 aromatic heterocycles. The van der Waals surface area contributed by atoms with E-state index in [9.17, 15) is 10.2 Å². The Morgan fingerprint density at radius 2 is 1.94 bits per heavy atom. The molecule has 1 aromatic carbocycles. The zero-order valence-corrected chi connectivity index (χ0v) is 9.35. The van der Waals surface area contributed by atoms with E-state index >= 15 is 0 Å². The Balaban J connectivity index is 2.07. The number of benzene rings is 1. The van der Waals surface area contributed by atoms with Crippen molar-refractivity contribution in [2.45, 2.75) is 25.7 Å². The van der Waals surface area contributed by atoms with Crippen LogP contribution in [0.5, 0.6) is 11.5 Å². The highest BCUT2D eigenvalue weighted by Crippen LogP contribution is 2.53. The zero-order chi connectivity index (χ0) is 11.3. The van der Waals surface area contributed by atoms with Gasteiger partial charge in [0.1, 0.15) is 11.5 Å². The first-order valence-electron chi connectivity index (χ1n) is 5.86. The lowest BCUT2D eigenvalue weighted by Crippen LogP contribution is -2.06. The van der Waals surface area contributed by atoms with Gasteiger partial charge in [-0.15, -0.1) is 0 Å². The van der Waals surface area contributed by atoms with Crippen molar-refractivity contribution in [2.24, 2.45) is 11.8 Å². The summed E-state index contributed by atoms with van der Waals surface area (Å²) in [7, 11) is 0. The molecule has 2 aliphatic rings. The van der Waals surface area contributed by atoms with Gasteiger partial charge in [-0.1, -0.05) is 18.2 Å². The summed E-state index contributed by atoms with van der Waals surface area (Å²) in [4.78, 5) is 0. The van der Waals surface area contributed by atoms with E-state index in [0.29, 0.717) is 17.8 Å². The number of fused-ring (bicyclic) bond motifs is 2. The van der Waals surface area contributed by atoms with Gasteiger partial charge in [0.25, 0.3) is 0 Å². The second-order valence-electron chi connectivity index (χ2n) is 5.05. The van der Waals surface area contributed by atoms with Crippen LogP contribution in [0, 0.1) is 18.8 Å². The second-order valence-corrected chi connectivity index (χ2v) is 5.05. The maximum absolute atomic E-state index is 10.1. The SMILES string of the molecule is Cc1ccc(O)c(C2CC3C=CC2C3)c1O. The summed E-state index contributed by atoms with van der Waals surface area (Å²) in [6, 6.07) is 3.46. The Bertz CT molecular complexity index is 462. The molecule has 2 heteroatoms. The molecule has 0 aliphatic heterocycles. The Morgan fingerprint density at radius 1 is 1.12 bits per heavy atom. The van der Waals surface area contributed by atoms with E-state index in [0.717, 1.165) is 17.5 Å². The molecule has 2 N–H and O–H groups in total. The molecule has 2 aliphatic carbocycles. The summed E-state index contributed by atoms with van der Waals surface area (Å²) in [6.07, 6.45) is 6.74. The number of phenolic OH excluding ortho intramolecular Hbond substituents is 2. The van der Waals surface area contributed by atoms with Crippen molar-refractivity contribution in [3.8, 4) is 11.5 Å². The first-order chi connectivity index (χ1) is 7.66. The fourth-order valence-electron chi connectivity index (χ4n) is 3.18. The molecule has 0 saturated heterocycles. The van der Waals surface area contributed by atoms with Gasteiger partial charge in [0.2, 0.25) is 0 Å². The number of phenols is 2. The molecule has 0 spiro atoms. The lowest BCUT2D eigenvalue weighted by Gasteiger charge is -2.21. The molecule has 2 bridgehead atoms. The molecule has 2 nitrogen and oxygen atoms in total. The Hall–Kier alpha value is -1.44. The van der Waals surface area contributed by atoms with E-state index in [1.54, 1.807) is 12.1 Å². The van der Waals surface area contributed by atoms with Gasteiger partial charge in [-0.25, -0.2) is 0 Å². The van der Waals surface area contributed by atoms with Crippen LogP contribution in [0.15, 0.2) is 24.3 Å². The van der Waals surface area contributed by atoms with Crippen molar-refractivity contribution in [2.75, 3.05) is 0 Å². The fourth-order valence-corrected chi connectivity index (χ4v) is 3.18. The van der Waals surface area contributed by atoms with Crippen LogP contribution < -0.4 is 0 Å². The molecular formula is C14H16O2. The molecule has 0 heterocycles. The summed E-state index contributed by atoms with van der Waals surface area (Å²) in [5, 5.41) is 20.0. The minimum absolute atomic E-state index is 0.244. The van der Waals surface area contributed by atoms with Gasteiger partial charge in [0.05, 0.1) is 0 Å². The van der Waals surface area contributed by atoms with Crippen LogP contribution in [0.25, 0.3) is 0 Å². The van der Waals surface area contributed by atoms with Crippen LogP contribution in [-0.2, 0) is 0 Å². The molecule has 3 unspecified atom stereocenters. The standard InChI is InChI=1S/C14H16O2/c1-8-2-5-12(15)13(14(8)16)11-7-9-3-4-10(11)6-9/h2-5,9-11,15-16H,6-7H2,1H3. The molecule has 3 rings (SSSR count). The average molecular weight is 216 g/mol. The van der Waals surface area contributed by atoms with Crippen LogP contribution in [0.1, 0.15) is 29.9 Å². The molecule has 16 heavy (non-hydrogen) atoms. The van der Waals surface area contributed by atoms with Gasteiger partial charge in [0.15, 0.2) is 0 Å². The highest BCUT2D eigenvalue weighted by Gasteiger charge is 2.39. The maximum Gasteiger partial charge on any atom is 0.125 e. The monoisotopic (exact) mass is 216 g/mol. The number of aromatic hydroxyl groups is 2. The predicted octanol–water partition coefficient (Wildman–Crippen LogP) is 3.09. The highest BCUT2D eigenvalue weighted by atomic mass is 16.3. The first kappa shape index (κ1) is 9.76.